The van der Waals surface area contributed by atoms with Crippen LogP contribution >= 0.6 is 0 Å². The number of nitrogens with one attached hydrogen (secondary N) is 1. The van der Waals surface area contributed by atoms with Crippen LogP contribution < -0.4 is 5.32 Å². The second kappa shape index (κ2) is 5.40. The molecule has 0 aliphatic rings. The lowest BCUT2D eigenvalue weighted by molar-refractivity contribution is -0.139. The average molecular weight is 193 g/mol. The fraction of sp³-hybridized carbons (Fsp3) is 0.364. The van der Waals surface area contributed by atoms with Crippen LogP contribution in [0.3, 0.4) is 0 Å². The number of likely N-dealkylation sites (N-methyl/N-ethyl adjacent to an activating group) is 1. The number of benzene rings is 1. The van der Waals surface area contributed by atoms with Gasteiger partial charge in [-0.3, -0.25) is 4.79 Å². The highest BCUT2D eigenvalue weighted by Gasteiger charge is 2.15. The maximum absolute atomic E-state index is 10.8. The number of hydrogen-bond acceptors (Lipinski definition) is 2. The van der Waals surface area contributed by atoms with Gasteiger partial charge in [0.15, 0.2) is 0 Å². The molecule has 0 aliphatic heterocycles. The van der Waals surface area contributed by atoms with Crippen LogP contribution in [-0.2, 0) is 11.2 Å². The van der Waals surface area contributed by atoms with Crippen LogP contribution in [0.4, 0.5) is 0 Å². The SMILES string of the molecule is CCN[C@H](Cc1ccccc1)C(=O)O. The predicted molar refractivity (Wildman–Crippen MR) is 55.2 cm³/mol. The van der Waals surface area contributed by atoms with Gasteiger partial charge < -0.3 is 10.4 Å². The Morgan fingerprint density at radius 2 is 2.07 bits per heavy atom. The molecule has 0 fully saturated rings. The number of carboxylic acid groups (broad SMARTS) is 1. The van der Waals surface area contributed by atoms with Crippen molar-refractivity contribution in [3.63, 3.8) is 0 Å². The minimum atomic E-state index is -0.796. The third-order valence-corrected chi connectivity index (χ3v) is 2.03. The topological polar surface area (TPSA) is 49.3 Å². The molecule has 3 nitrogen and oxygen atoms in total. The molecule has 2 N–H and O–H groups in total. The molecule has 1 atom stereocenters. The molecule has 14 heavy (non-hydrogen) atoms. The first-order valence-electron chi connectivity index (χ1n) is 4.74. The van der Waals surface area contributed by atoms with Crippen molar-refractivity contribution in [3.05, 3.63) is 35.9 Å². The maximum Gasteiger partial charge on any atom is 0.321 e. The van der Waals surface area contributed by atoms with Gasteiger partial charge in [0.2, 0.25) is 0 Å². The van der Waals surface area contributed by atoms with Crippen molar-refractivity contribution in [3.8, 4) is 0 Å². The molecule has 0 aromatic heterocycles. The lowest BCUT2D eigenvalue weighted by Gasteiger charge is -2.12. The van der Waals surface area contributed by atoms with Crippen molar-refractivity contribution in [2.75, 3.05) is 6.54 Å². The number of aliphatic carboxylic acids is 1. The predicted octanol–water partition coefficient (Wildman–Crippen LogP) is 1.29. The second-order valence-corrected chi connectivity index (χ2v) is 3.14. The van der Waals surface area contributed by atoms with Gasteiger partial charge in [-0.25, -0.2) is 0 Å². The summed E-state index contributed by atoms with van der Waals surface area (Å²) >= 11 is 0. The van der Waals surface area contributed by atoms with Gasteiger partial charge in [-0.1, -0.05) is 37.3 Å². The Morgan fingerprint density at radius 3 is 2.57 bits per heavy atom. The van der Waals surface area contributed by atoms with Gasteiger partial charge in [0.05, 0.1) is 0 Å². The molecule has 1 aromatic rings. The van der Waals surface area contributed by atoms with Crippen molar-refractivity contribution in [2.24, 2.45) is 0 Å². The molecule has 3 heteroatoms. The lowest BCUT2D eigenvalue weighted by atomic mass is 10.1. The van der Waals surface area contributed by atoms with Crippen molar-refractivity contribution in [2.45, 2.75) is 19.4 Å². The van der Waals surface area contributed by atoms with Crippen molar-refractivity contribution < 1.29 is 9.90 Å². The van der Waals surface area contributed by atoms with Crippen LogP contribution in [0.5, 0.6) is 0 Å². The normalized spacial score (nSPS) is 12.4. The monoisotopic (exact) mass is 193 g/mol. The molecule has 0 saturated heterocycles. The smallest absolute Gasteiger partial charge is 0.321 e. The van der Waals surface area contributed by atoms with E-state index in [1.807, 2.05) is 37.3 Å². The Hall–Kier alpha value is -1.35. The lowest BCUT2D eigenvalue weighted by Crippen LogP contribution is -2.38. The van der Waals surface area contributed by atoms with Gasteiger partial charge in [-0.15, -0.1) is 0 Å². The van der Waals surface area contributed by atoms with Crippen LogP contribution in [0.1, 0.15) is 12.5 Å². The molecule has 1 rings (SSSR count). The Morgan fingerprint density at radius 1 is 1.43 bits per heavy atom. The van der Waals surface area contributed by atoms with E-state index >= 15 is 0 Å². The summed E-state index contributed by atoms with van der Waals surface area (Å²) in [6, 6.07) is 9.15. The molecular formula is C11H15NO2. The van der Waals surface area contributed by atoms with Gasteiger partial charge >= 0.3 is 5.97 Å². The maximum atomic E-state index is 10.8. The van der Waals surface area contributed by atoms with Gasteiger partial charge in [-0.2, -0.15) is 0 Å². The Bertz CT molecular complexity index is 285. The van der Waals surface area contributed by atoms with Gasteiger partial charge in [0.25, 0.3) is 0 Å². The summed E-state index contributed by atoms with van der Waals surface area (Å²) in [5, 5.41) is 11.8. The molecule has 0 radical (unpaired) electrons. The van der Waals surface area contributed by atoms with E-state index in [9.17, 15) is 4.79 Å². The van der Waals surface area contributed by atoms with E-state index in [0.29, 0.717) is 13.0 Å². The Labute approximate surface area is 83.8 Å². The summed E-state index contributed by atoms with van der Waals surface area (Å²) in [5.74, 6) is -0.796. The highest BCUT2D eigenvalue weighted by atomic mass is 16.4. The van der Waals surface area contributed by atoms with Crippen LogP contribution in [-0.4, -0.2) is 23.7 Å². The van der Waals surface area contributed by atoms with Crippen molar-refractivity contribution >= 4 is 5.97 Å². The number of rotatable bonds is 5. The van der Waals surface area contributed by atoms with Crippen LogP contribution in [0, 0.1) is 0 Å². The zero-order valence-electron chi connectivity index (χ0n) is 8.23. The highest BCUT2D eigenvalue weighted by molar-refractivity contribution is 5.73. The van der Waals surface area contributed by atoms with Crippen LogP contribution in [0.25, 0.3) is 0 Å². The number of carboxylic acids is 1. The molecule has 0 heterocycles. The molecule has 0 aliphatic carbocycles. The molecule has 1 aromatic carbocycles. The first-order chi connectivity index (χ1) is 6.74. The third-order valence-electron chi connectivity index (χ3n) is 2.03. The summed E-state index contributed by atoms with van der Waals surface area (Å²) in [4.78, 5) is 10.8. The van der Waals surface area contributed by atoms with Gasteiger partial charge in [0, 0.05) is 0 Å². The third kappa shape index (κ3) is 3.18. The van der Waals surface area contributed by atoms with Crippen molar-refractivity contribution in [1.29, 1.82) is 0 Å². The summed E-state index contributed by atoms with van der Waals surface area (Å²) < 4.78 is 0. The summed E-state index contributed by atoms with van der Waals surface area (Å²) in [6.45, 7) is 2.57. The molecule has 76 valence electrons. The molecule has 0 spiro atoms. The zero-order chi connectivity index (χ0) is 10.4. The fourth-order valence-electron chi connectivity index (χ4n) is 1.34. The quantitative estimate of drug-likeness (QED) is 0.741. The molecule has 0 unspecified atom stereocenters. The molecule has 0 bridgehead atoms. The van der Waals surface area contributed by atoms with Gasteiger partial charge in [-0.05, 0) is 18.5 Å². The minimum absolute atomic E-state index is 0.484. The number of carbonyl (C=O) groups is 1. The standard InChI is InChI=1S/C11H15NO2/c1-2-12-10(11(13)14)8-9-6-4-3-5-7-9/h3-7,10,12H,2,8H2,1H3,(H,13,14)/t10-/m1/s1. The first-order valence-corrected chi connectivity index (χ1v) is 4.74. The molecular weight excluding hydrogens is 178 g/mol. The van der Waals surface area contributed by atoms with E-state index in [1.54, 1.807) is 0 Å². The largest absolute Gasteiger partial charge is 0.480 e. The summed E-state index contributed by atoms with van der Waals surface area (Å²) in [7, 11) is 0. The summed E-state index contributed by atoms with van der Waals surface area (Å²) in [5.41, 5.74) is 1.04. The number of hydrogen-bond donors (Lipinski definition) is 2. The Kier molecular flexibility index (Phi) is 4.13. The van der Waals surface area contributed by atoms with Crippen LogP contribution in [0.15, 0.2) is 30.3 Å². The second-order valence-electron chi connectivity index (χ2n) is 3.14. The van der Waals surface area contributed by atoms with Crippen molar-refractivity contribution in [1.82, 2.24) is 5.32 Å². The summed E-state index contributed by atoms with van der Waals surface area (Å²) in [6.07, 6.45) is 0.532. The minimum Gasteiger partial charge on any atom is -0.480 e. The Balaban J connectivity index is 2.60. The van der Waals surface area contributed by atoms with Gasteiger partial charge in [0.1, 0.15) is 6.04 Å². The van der Waals surface area contributed by atoms with E-state index < -0.39 is 12.0 Å². The first kappa shape index (κ1) is 10.7. The van der Waals surface area contributed by atoms with E-state index in [1.165, 1.54) is 0 Å². The highest BCUT2D eigenvalue weighted by Crippen LogP contribution is 2.03. The molecule has 0 amide bonds. The van der Waals surface area contributed by atoms with E-state index in [4.69, 9.17) is 5.11 Å². The fourth-order valence-corrected chi connectivity index (χ4v) is 1.34. The van der Waals surface area contributed by atoms with E-state index in [-0.39, 0.29) is 0 Å². The molecule has 0 saturated carbocycles. The van der Waals surface area contributed by atoms with Crippen LogP contribution in [0.2, 0.25) is 0 Å². The van der Waals surface area contributed by atoms with E-state index in [2.05, 4.69) is 5.32 Å². The van der Waals surface area contributed by atoms with E-state index in [0.717, 1.165) is 5.56 Å². The zero-order valence-corrected chi connectivity index (χ0v) is 8.23. The average Bonchev–Trinajstić information content (AvgIpc) is 2.18.